The van der Waals surface area contributed by atoms with Crippen molar-refractivity contribution < 1.29 is 27.6 Å². The molecule has 2 heterocycles. The number of halogens is 2. The first-order valence-corrected chi connectivity index (χ1v) is 10.8. The van der Waals surface area contributed by atoms with Gasteiger partial charge in [-0.1, -0.05) is 11.2 Å². The summed E-state index contributed by atoms with van der Waals surface area (Å²) in [6.45, 7) is 3.80. The van der Waals surface area contributed by atoms with Gasteiger partial charge in [-0.05, 0) is 56.3 Å². The molecule has 0 bridgehead atoms. The third-order valence-electron chi connectivity index (χ3n) is 5.46. The molecule has 4 aromatic rings. The van der Waals surface area contributed by atoms with E-state index in [1.54, 1.807) is 43.5 Å². The molecule has 2 aromatic heterocycles. The van der Waals surface area contributed by atoms with Crippen LogP contribution in [-0.4, -0.2) is 23.2 Å². The van der Waals surface area contributed by atoms with Crippen LogP contribution < -0.4 is 14.4 Å². The van der Waals surface area contributed by atoms with Gasteiger partial charge in [0.1, 0.15) is 24.0 Å². The molecule has 7 nitrogen and oxygen atoms in total. The Kier molecular flexibility index (Phi) is 7.05. The Morgan fingerprint density at radius 2 is 1.89 bits per heavy atom. The first kappa shape index (κ1) is 23.9. The topological polar surface area (TPSA) is 77.7 Å². The average molecular weight is 479 g/mol. The zero-order chi connectivity index (χ0) is 24.9. The summed E-state index contributed by atoms with van der Waals surface area (Å²) in [5.74, 6) is -0.733. The van der Waals surface area contributed by atoms with Crippen LogP contribution in [0.25, 0.3) is 0 Å². The fourth-order valence-corrected chi connectivity index (χ4v) is 3.55. The molecular formula is C26H23F2N3O4. The maximum absolute atomic E-state index is 14.7. The van der Waals surface area contributed by atoms with Gasteiger partial charge in [-0.15, -0.1) is 0 Å². The summed E-state index contributed by atoms with van der Waals surface area (Å²) < 4.78 is 44.7. The molecular weight excluding hydrogens is 456 g/mol. The van der Waals surface area contributed by atoms with Crippen LogP contribution in [0.5, 0.6) is 11.5 Å². The van der Waals surface area contributed by atoms with Gasteiger partial charge in [0, 0.05) is 17.8 Å². The monoisotopic (exact) mass is 479 g/mol. The summed E-state index contributed by atoms with van der Waals surface area (Å²) >= 11 is 0. The van der Waals surface area contributed by atoms with Crippen molar-refractivity contribution in [1.29, 1.82) is 0 Å². The SMILES string of the molecule is COc1cc(C(=O)N(Cc2ccccn2)c2ccc(F)cc2F)ccc1OCc1c(C)noc1C. The van der Waals surface area contributed by atoms with Crippen molar-refractivity contribution in [3.8, 4) is 11.5 Å². The minimum Gasteiger partial charge on any atom is -0.493 e. The van der Waals surface area contributed by atoms with Crippen LogP contribution in [-0.2, 0) is 13.2 Å². The number of pyridine rings is 1. The molecule has 0 spiro atoms. The number of carbonyl (C=O) groups excluding carboxylic acids is 1. The van der Waals surface area contributed by atoms with E-state index in [1.165, 1.54) is 24.1 Å². The third kappa shape index (κ3) is 5.29. The minimum absolute atomic E-state index is 0.0190. The van der Waals surface area contributed by atoms with E-state index in [0.717, 1.165) is 23.4 Å². The van der Waals surface area contributed by atoms with Crippen LogP contribution in [0.4, 0.5) is 14.5 Å². The largest absolute Gasteiger partial charge is 0.493 e. The van der Waals surface area contributed by atoms with Crippen molar-refractivity contribution in [3.63, 3.8) is 0 Å². The van der Waals surface area contributed by atoms with Gasteiger partial charge in [0.15, 0.2) is 11.5 Å². The van der Waals surface area contributed by atoms with Gasteiger partial charge in [-0.25, -0.2) is 8.78 Å². The lowest BCUT2D eigenvalue weighted by atomic mass is 10.1. The van der Waals surface area contributed by atoms with Gasteiger partial charge in [0.05, 0.1) is 36.3 Å². The smallest absolute Gasteiger partial charge is 0.258 e. The summed E-state index contributed by atoms with van der Waals surface area (Å²) in [7, 11) is 1.46. The highest BCUT2D eigenvalue weighted by Crippen LogP contribution is 2.31. The zero-order valence-corrected chi connectivity index (χ0v) is 19.4. The number of nitrogens with zero attached hydrogens (tertiary/aromatic N) is 3. The van der Waals surface area contributed by atoms with Gasteiger partial charge in [-0.2, -0.15) is 0 Å². The maximum atomic E-state index is 14.7. The van der Waals surface area contributed by atoms with Crippen molar-refractivity contribution in [1.82, 2.24) is 10.1 Å². The number of amides is 1. The number of aromatic nitrogens is 2. The quantitative estimate of drug-likeness (QED) is 0.337. The molecule has 0 N–H and O–H groups in total. The normalized spacial score (nSPS) is 10.8. The fraction of sp³-hybridized carbons (Fsp3) is 0.192. The number of benzene rings is 2. The number of rotatable bonds is 8. The van der Waals surface area contributed by atoms with Crippen LogP contribution in [0.3, 0.4) is 0 Å². The predicted molar refractivity (Wildman–Crippen MR) is 124 cm³/mol. The van der Waals surface area contributed by atoms with Gasteiger partial charge >= 0.3 is 0 Å². The van der Waals surface area contributed by atoms with Crippen LogP contribution in [0, 0.1) is 25.5 Å². The van der Waals surface area contributed by atoms with Gasteiger partial charge in [0.25, 0.3) is 5.91 Å². The molecule has 0 aliphatic heterocycles. The van der Waals surface area contributed by atoms with Crippen molar-refractivity contribution in [2.24, 2.45) is 0 Å². The van der Waals surface area contributed by atoms with Crippen LogP contribution in [0.1, 0.15) is 33.1 Å². The summed E-state index contributed by atoms with van der Waals surface area (Å²) in [5.41, 5.74) is 2.24. The summed E-state index contributed by atoms with van der Waals surface area (Å²) in [6, 6.07) is 12.9. The number of hydrogen-bond acceptors (Lipinski definition) is 6. The Hall–Kier alpha value is -4.27. The second-order valence-corrected chi connectivity index (χ2v) is 7.77. The molecule has 0 aliphatic carbocycles. The average Bonchev–Trinajstić information content (AvgIpc) is 3.18. The zero-order valence-electron chi connectivity index (χ0n) is 19.4. The molecule has 9 heteroatoms. The van der Waals surface area contributed by atoms with E-state index >= 15 is 0 Å². The van der Waals surface area contributed by atoms with Crippen molar-refractivity contribution >= 4 is 11.6 Å². The third-order valence-corrected chi connectivity index (χ3v) is 5.46. The summed E-state index contributed by atoms with van der Waals surface area (Å²) in [4.78, 5) is 19.0. The molecule has 2 aromatic carbocycles. The standard InChI is InChI=1S/C26H23F2N3O4/c1-16-21(17(2)35-30-16)15-34-24-10-7-18(12-25(24)33-3)26(32)31(14-20-6-4-5-11-29-20)23-9-8-19(27)13-22(23)28/h4-13H,14-15H2,1-3H3. The Balaban J connectivity index is 1.64. The molecule has 4 rings (SSSR count). The Morgan fingerprint density at radius 1 is 1.06 bits per heavy atom. The highest BCUT2D eigenvalue weighted by Gasteiger charge is 2.23. The molecule has 0 atom stereocenters. The lowest BCUT2D eigenvalue weighted by molar-refractivity contribution is 0.0983. The summed E-state index contributed by atoms with van der Waals surface area (Å²) in [6.07, 6.45) is 1.58. The molecule has 1 amide bonds. The molecule has 0 saturated carbocycles. The van der Waals surface area contributed by atoms with Crippen molar-refractivity contribution in [2.45, 2.75) is 27.0 Å². The first-order chi connectivity index (χ1) is 16.9. The van der Waals surface area contributed by atoms with E-state index < -0.39 is 17.5 Å². The number of hydrogen-bond donors (Lipinski definition) is 0. The van der Waals surface area contributed by atoms with E-state index in [2.05, 4.69) is 10.1 Å². The van der Waals surface area contributed by atoms with E-state index in [4.69, 9.17) is 14.0 Å². The number of carbonyl (C=O) groups is 1. The molecule has 180 valence electrons. The highest BCUT2D eigenvalue weighted by atomic mass is 19.1. The van der Waals surface area contributed by atoms with Gasteiger partial charge in [-0.3, -0.25) is 14.7 Å². The molecule has 0 fully saturated rings. The highest BCUT2D eigenvalue weighted by molar-refractivity contribution is 6.06. The van der Waals surface area contributed by atoms with Gasteiger partial charge < -0.3 is 14.0 Å². The van der Waals surface area contributed by atoms with Crippen LogP contribution in [0.2, 0.25) is 0 Å². The lowest BCUT2D eigenvalue weighted by Gasteiger charge is -2.23. The molecule has 0 radical (unpaired) electrons. The van der Waals surface area contributed by atoms with Gasteiger partial charge in [0.2, 0.25) is 0 Å². The Labute approximate surface area is 200 Å². The first-order valence-electron chi connectivity index (χ1n) is 10.8. The van der Waals surface area contributed by atoms with E-state index in [1.807, 2.05) is 6.92 Å². The minimum atomic E-state index is -0.860. The number of anilines is 1. The lowest BCUT2D eigenvalue weighted by Crippen LogP contribution is -2.31. The number of methoxy groups -OCH3 is 1. The number of aryl methyl sites for hydroxylation is 2. The second kappa shape index (κ2) is 10.3. The van der Waals surface area contributed by atoms with Crippen molar-refractivity contribution in [2.75, 3.05) is 12.0 Å². The Morgan fingerprint density at radius 3 is 2.54 bits per heavy atom. The van der Waals surface area contributed by atoms with E-state index in [9.17, 15) is 13.6 Å². The fourth-order valence-electron chi connectivity index (χ4n) is 3.55. The van der Waals surface area contributed by atoms with Crippen LogP contribution in [0.15, 0.2) is 65.3 Å². The molecule has 35 heavy (non-hydrogen) atoms. The second-order valence-electron chi connectivity index (χ2n) is 7.77. The molecule has 0 aliphatic rings. The van der Waals surface area contributed by atoms with E-state index in [0.29, 0.717) is 23.0 Å². The molecule has 0 saturated heterocycles. The maximum Gasteiger partial charge on any atom is 0.258 e. The van der Waals surface area contributed by atoms with Crippen LogP contribution >= 0.6 is 0 Å². The van der Waals surface area contributed by atoms with E-state index in [-0.39, 0.29) is 24.4 Å². The molecule has 0 unspecified atom stereocenters. The van der Waals surface area contributed by atoms with Crippen molar-refractivity contribution in [3.05, 3.63) is 101 Å². The summed E-state index contributed by atoms with van der Waals surface area (Å²) in [5, 5.41) is 3.91. The number of ether oxygens (including phenoxy) is 2. The Bertz CT molecular complexity index is 1320. The predicted octanol–water partition coefficient (Wildman–Crippen LogP) is 5.40.